The van der Waals surface area contributed by atoms with Crippen LogP contribution in [-0.4, -0.2) is 45.6 Å². The molecule has 2 aromatic heterocycles. The van der Waals surface area contributed by atoms with Crippen molar-refractivity contribution in [2.24, 2.45) is 0 Å². The van der Waals surface area contributed by atoms with Crippen LogP contribution >= 0.6 is 0 Å². The summed E-state index contributed by atoms with van der Waals surface area (Å²) in [4.78, 5) is 29.7. The number of fused-ring (bicyclic) bond motifs is 1. The number of alkyl halides is 3. The van der Waals surface area contributed by atoms with E-state index in [1.165, 1.54) is 0 Å². The number of halogens is 3. The summed E-state index contributed by atoms with van der Waals surface area (Å²) in [5.74, 6) is 0.0430. The molecule has 1 atom stereocenters. The Morgan fingerprint density at radius 3 is 2.61 bits per heavy atom. The van der Waals surface area contributed by atoms with E-state index in [1.54, 1.807) is 12.3 Å². The third-order valence-electron chi connectivity index (χ3n) is 5.81. The largest absolute Gasteiger partial charge is 0.422 e. The lowest BCUT2D eigenvalue weighted by atomic mass is 10.1. The zero-order valence-electron chi connectivity index (χ0n) is 20.9. The number of carbonyl (C=O) groups is 1. The van der Waals surface area contributed by atoms with Crippen LogP contribution in [0.2, 0.25) is 0 Å². The molecule has 0 saturated heterocycles. The number of hydrogen-bond acceptors (Lipinski definition) is 6. The molecule has 1 aliphatic rings. The van der Waals surface area contributed by atoms with E-state index in [1.807, 2.05) is 36.0 Å². The highest BCUT2D eigenvalue weighted by atomic mass is 19.4. The van der Waals surface area contributed by atoms with E-state index in [2.05, 4.69) is 22.3 Å². The van der Waals surface area contributed by atoms with Crippen LogP contribution in [0.3, 0.4) is 0 Å². The normalized spacial score (nSPS) is 14.4. The molecule has 2 heterocycles. The topological polar surface area (TPSA) is 115 Å². The molecule has 0 radical (unpaired) electrons. The van der Waals surface area contributed by atoms with Crippen LogP contribution < -0.4 is 10.9 Å². The Balaban J connectivity index is 0.000000425. The lowest BCUT2D eigenvalue weighted by molar-refractivity contribution is -0.139. The first-order chi connectivity index (χ1) is 17.1. The number of aromatic amines is 1. The van der Waals surface area contributed by atoms with E-state index < -0.39 is 17.3 Å². The van der Waals surface area contributed by atoms with Gasteiger partial charge in [0.2, 0.25) is 5.91 Å². The number of nitrogens with zero attached hydrogens (tertiary/aromatic N) is 4. The average Bonchev–Trinajstić information content (AvgIpc) is 3.24. The summed E-state index contributed by atoms with van der Waals surface area (Å²) in [7, 11) is 0. The molecule has 0 aliphatic heterocycles. The maximum Gasteiger partial charge on any atom is 0.422 e. The minimum Gasteiger partial charge on any atom is -0.343 e. The molecule has 0 aromatic carbocycles. The SMILES string of the molecule is CCCCN(CCC)C(=O)CCNC1CCc2c1n[nH]c(=O)c2C(F)(F)F.Cc1ccc(C#N)cn1. The average molecular weight is 507 g/mol. The van der Waals surface area contributed by atoms with Crippen LogP contribution in [0, 0.1) is 18.3 Å². The zero-order valence-corrected chi connectivity index (χ0v) is 20.9. The third-order valence-corrected chi connectivity index (χ3v) is 5.81. The number of hydrogen-bond donors (Lipinski definition) is 2. The number of nitriles is 1. The van der Waals surface area contributed by atoms with E-state index in [0.29, 0.717) is 25.1 Å². The molecule has 1 aliphatic carbocycles. The predicted molar refractivity (Wildman–Crippen MR) is 129 cm³/mol. The van der Waals surface area contributed by atoms with E-state index in [0.717, 1.165) is 31.5 Å². The van der Waals surface area contributed by atoms with Gasteiger partial charge in [0.1, 0.15) is 11.6 Å². The number of aryl methyl sites for hydroxylation is 1. The van der Waals surface area contributed by atoms with E-state index in [9.17, 15) is 22.8 Å². The second-order valence-corrected chi connectivity index (χ2v) is 8.62. The number of H-pyrrole nitrogens is 1. The van der Waals surface area contributed by atoms with Gasteiger partial charge in [0.25, 0.3) is 5.56 Å². The maximum absolute atomic E-state index is 13.1. The summed E-state index contributed by atoms with van der Waals surface area (Å²) in [6.07, 6.45) is 0.557. The lowest BCUT2D eigenvalue weighted by Gasteiger charge is -2.22. The van der Waals surface area contributed by atoms with Gasteiger partial charge in [0.15, 0.2) is 0 Å². The van der Waals surface area contributed by atoms with Gasteiger partial charge in [0, 0.05) is 37.9 Å². The molecule has 0 fully saturated rings. The van der Waals surface area contributed by atoms with Gasteiger partial charge in [-0.3, -0.25) is 14.6 Å². The van der Waals surface area contributed by atoms with Crippen LogP contribution in [-0.2, 0) is 17.4 Å². The van der Waals surface area contributed by atoms with Crippen LogP contribution in [0.1, 0.15) is 80.1 Å². The van der Waals surface area contributed by atoms with E-state index in [-0.39, 0.29) is 36.0 Å². The Labute approximate surface area is 208 Å². The van der Waals surface area contributed by atoms with Crippen molar-refractivity contribution in [1.82, 2.24) is 25.4 Å². The molecule has 8 nitrogen and oxygen atoms in total. The predicted octanol–water partition coefficient (Wildman–Crippen LogP) is 4.06. The molecule has 0 spiro atoms. The smallest absolute Gasteiger partial charge is 0.343 e. The van der Waals surface area contributed by atoms with Crippen LogP contribution in [0.5, 0.6) is 0 Å². The van der Waals surface area contributed by atoms with Crippen molar-refractivity contribution in [2.75, 3.05) is 19.6 Å². The standard InChI is InChI=1S/C18H27F3N4O2.C7H6N2/c1-3-5-11-25(10-4-2)14(26)8-9-22-13-7-6-12-15(18(19,20)21)17(27)24-23-16(12)13;1-6-2-3-7(4-8)5-9-6/h13,22H,3-11H2,1-2H3,(H,24,27);2-3,5H,1H3. The fourth-order valence-corrected chi connectivity index (χ4v) is 3.99. The van der Waals surface area contributed by atoms with Gasteiger partial charge < -0.3 is 10.2 Å². The molecule has 1 unspecified atom stereocenters. The molecule has 1 amide bonds. The first-order valence-electron chi connectivity index (χ1n) is 12.1. The minimum atomic E-state index is -4.70. The summed E-state index contributed by atoms with van der Waals surface area (Å²) in [6.45, 7) is 7.78. The summed E-state index contributed by atoms with van der Waals surface area (Å²) in [5, 5.41) is 17.2. The highest BCUT2D eigenvalue weighted by molar-refractivity contribution is 5.76. The number of nitrogens with one attached hydrogen (secondary N) is 2. The molecule has 11 heteroatoms. The second-order valence-electron chi connectivity index (χ2n) is 8.62. The lowest BCUT2D eigenvalue weighted by Crippen LogP contribution is -2.35. The van der Waals surface area contributed by atoms with Crippen molar-refractivity contribution in [2.45, 2.75) is 71.5 Å². The van der Waals surface area contributed by atoms with Gasteiger partial charge >= 0.3 is 6.18 Å². The van der Waals surface area contributed by atoms with Crippen molar-refractivity contribution >= 4 is 5.91 Å². The van der Waals surface area contributed by atoms with E-state index >= 15 is 0 Å². The van der Waals surface area contributed by atoms with Crippen molar-refractivity contribution in [1.29, 1.82) is 5.26 Å². The molecule has 196 valence electrons. The highest BCUT2D eigenvalue weighted by Crippen LogP contribution is 2.37. The second kappa shape index (κ2) is 13.7. The fraction of sp³-hybridized carbons (Fsp3) is 0.560. The number of unbranched alkanes of at least 4 members (excludes halogenated alkanes) is 1. The summed E-state index contributed by atoms with van der Waals surface area (Å²) in [5.41, 5.74) is -0.615. The summed E-state index contributed by atoms with van der Waals surface area (Å²) in [6, 6.07) is 5.17. The molecular formula is C25H33F3N6O2. The Morgan fingerprint density at radius 2 is 2.03 bits per heavy atom. The number of aromatic nitrogens is 3. The molecule has 2 aromatic rings. The number of rotatable bonds is 9. The summed E-state index contributed by atoms with van der Waals surface area (Å²) >= 11 is 0. The number of carbonyl (C=O) groups excluding carboxylic acids is 1. The van der Waals surface area contributed by atoms with Gasteiger partial charge in [-0.25, -0.2) is 5.10 Å². The van der Waals surface area contributed by atoms with Gasteiger partial charge in [0.05, 0.1) is 17.3 Å². The zero-order chi connectivity index (χ0) is 26.7. The monoisotopic (exact) mass is 506 g/mol. The third kappa shape index (κ3) is 8.16. The number of amides is 1. The van der Waals surface area contributed by atoms with Crippen LogP contribution in [0.25, 0.3) is 0 Å². The Morgan fingerprint density at radius 1 is 1.28 bits per heavy atom. The van der Waals surface area contributed by atoms with Crippen LogP contribution in [0.15, 0.2) is 23.1 Å². The Hall–Kier alpha value is -3.26. The van der Waals surface area contributed by atoms with Crippen molar-refractivity contribution < 1.29 is 18.0 Å². The summed E-state index contributed by atoms with van der Waals surface area (Å²) < 4.78 is 39.4. The maximum atomic E-state index is 13.1. The Kier molecular flexibility index (Phi) is 11.0. The molecular weight excluding hydrogens is 473 g/mol. The van der Waals surface area contributed by atoms with Crippen molar-refractivity contribution in [3.05, 3.63) is 56.8 Å². The van der Waals surface area contributed by atoms with Gasteiger partial charge in [-0.05, 0) is 50.3 Å². The van der Waals surface area contributed by atoms with Gasteiger partial charge in [-0.1, -0.05) is 20.3 Å². The molecule has 0 bridgehead atoms. The molecule has 36 heavy (non-hydrogen) atoms. The minimum absolute atomic E-state index is 0.0365. The van der Waals surface area contributed by atoms with Crippen molar-refractivity contribution in [3.63, 3.8) is 0 Å². The Bertz CT molecular complexity index is 1090. The molecule has 0 saturated carbocycles. The van der Waals surface area contributed by atoms with Crippen LogP contribution in [0.4, 0.5) is 13.2 Å². The van der Waals surface area contributed by atoms with Gasteiger partial charge in [-0.2, -0.15) is 23.5 Å². The number of pyridine rings is 1. The van der Waals surface area contributed by atoms with Gasteiger partial charge in [-0.15, -0.1) is 0 Å². The first-order valence-corrected chi connectivity index (χ1v) is 12.1. The molecule has 2 N–H and O–H groups in total. The highest BCUT2D eigenvalue weighted by Gasteiger charge is 2.41. The van der Waals surface area contributed by atoms with Crippen molar-refractivity contribution in [3.8, 4) is 6.07 Å². The van der Waals surface area contributed by atoms with E-state index in [4.69, 9.17) is 5.26 Å². The quantitative estimate of drug-likeness (QED) is 0.530. The fourth-order valence-electron chi connectivity index (χ4n) is 3.99. The first kappa shape index (κ1) is 29.0. The molecule has 3 rings (SSSR count).